The number of carbonyl (C=O) groups excluding carboxylic acids is 1. The van der Waals surface area contributed by atoms with Crippen LogP contribution in [-0.4, -0.2) is 5.78 Å². The third-order valence-corrected chi connectivity index (χ3v) is 5.13. The second-order valence-electron chi connectivity index (χ2n) is 6.55. The third kappa shape index (κ3) is 3.99. The molecule has 0 bridgehead atoms. The molecule has 2 nitrogen and oxygen atoms in total. The maximum Gasteiger partial charge on any atom is 0.138 e. The minimum absolute atomic E-state index is 0.0167. The van der Waals surface area contributed by atoms with Crippen LogP contribution in [0.1, 0.15) is 49.8 Å². The number of ketones is 1. The molecule has 24 heavy (non-hydrogen) atoms. The van der Waals surface area contributed by atoms with E-state index in [1.807, 2.05) is 18.2 Å². The summed E-state index contributed by atoms with van der Waals surface area (Å²) in [4.78, 5) is 12.5. The van der Waals surface area contributed by atoms with E-state index in [1.54, 1.807) is 0 Å². The summed E-state index contributed by atoms with van der Waals surface area (Å²) in [6, 6.07) is 16.3. The Hall–Kier alpha value is -1.80. The van der Waals surface area contributed by atoms with Crippen LogP contribution in [0.5, 0.6) is 0 Å². The van der Waals surface area contributed by atoms with Crippen LogP contribution < -0.4 is 5.32 Å². The van der Waals surface area contributed by atoms with E-state index < -0.39 is 0 Å². The number of hydrogen-bond donors (Lipinski definition) is 1. The maximum atomic E-state index is 12.5. The molecule has 2 aromatic carbocycles. The van der Waals surface area contributed by atoms with Crippen LogP contribution >= 0.6 is 11.6 Å². The second-order valence-corrected chi connectivity index (χ2v) is 6.98. The molecule has 0 saturated heterocycles. The van der Waals surface area contributed by atoms with E-state index >= 15 is 0 Å². The second kappa shape index (κ2) is 7.85. The first kappa shape index (κ1) is 17.0. The lowest BCUT2D eigenvalue weighted by Crippen LogP contribution is -2.30. The predicted octanol–water partition coefficient (Wildman–Crippen LogP) is 5.81. The molecule has 0 heterocycles. The first-order valence-corrected chi connectivity index (χ1v) is 9.19. The number of carbonyl (C=O) groups is 1. The molecule has 1 aliphatic carbocycles. The minimum atomic E-state index is -0.0241. The Balaban J connectivity index is 1.90. The van der Waals surface area contributed by atoms with Crippen molar-refractivity contribution in [1.82, 2.24) is 0 Å². The molecule has 1 fully saturated rings. The van der Waals surface area contributed by atoms with Crippen molar-refractivity contribution in [3.8, 4) is 0 Å². The van der Waals surface area contributed by atoms with Gasteiger partial charge in [-0.3, -0.25) is 4.79 Å². The lowest BCUT2D eigenvalue weighted by Gasteiger charge is -2.31. The number of anilines is 1. The molecule has 1 saturated carbocycles. The van der Waals surface area contributed by atoms with Gasteiger partial charge in [0.15, 0.2) is 0 Å². The van der Waals surface area contributed by atoms with E-state index in [0.717, 1.165) is 36.9 Å². The number of rotatable bonds is 5. The average molecular weight is 342 g/mol. The van der Waals surface area contributed by atoms with Crippen LogP contribution in [-0.2, 0) is 11.2 Å². The Morgan fingerprint density at radius 2 is 1.96 bits per heavy atom. The molecule has 2 aromatic rings. The summed E-state index contributed by atoms with van der Waals surface area (Å²) in [6.45, 7) is 2.15. The van der Waals surface area contributed by atoms with Crippen molar-refractivity contribution in [2.45, 2.75) is 45.1 Å². The third-order valence-electron chi connectivity index (χ3n) is 4.90. The quantitative estimate of drug-likeness (QED) is 0.742. The van der Waals surface area contributed by atoms with Crippen molar-refractivity contribution in [2.75, 3.05) is 5.32 Å². The van der Waals surface area contributed by atoms with Crippen LogP contribution in [0, 0.1) is 5.92 Å². The zero-order chi connectivity index (χ0) is 16.9. The Morgan fingerprint density at radius 3 is 2.62 bits per heavy atom. The molecule has 0 aromatic heterocycles. The fourth-order valence-corrected chi connectivity index (χ4v) is 3.69. The maximum absolute atomic E-state index is 12.5. The van der Waals surface area contributed by atoms with Gasteiger partial charge in [-0.15, -0.1) is 0 Å². The molecule has 0 spiro atoms. The highest BCUT2D eigenvalue weighted by Gasteiger charge is 2.31. The fourth-order valence-electron chi connectivity index (χ4n) is 3.49. The van der Waals surface area contributed by atoms with E-state index in [-0.39, 0.29) is 12.0 Å². The molecular weight excluding hydrogens is 318 g/mol. The Morgan fingerprint density at radius 1 is 1.17 bits per heavy atom. The highest BCUT2D eigenvalue weighted by atomic mass is 35.5. The molecule has 0 radical (unpaired) electrons. The van der Waals surface area contributed by atoms with Gasteiger partial charge in [-0.05, 0) is 54.7 Å². The molecule has 0 aliphatic heterocycles. The number of aryl methyl sites for hydroxylation is 1. The molecule has 0 amide bonds. The summed E-state index contributed by atoms with van der Waals surface area (Å²) in [5.41, 5.74) is 3.45. The van der Waals surface area contributed by atoms with Crippen molar-refractivity contribution in [3.63, 3.8) is 0 Å². The summed E-state index contributed by atoms with van der Waals surface area (Å²) < 4.78 is 0. The van der Waals surface area contributed by atoms with Crippen molar-refractivity contribution < 1.29 is 4.79 Å². The van der Waals surface area contributed by atoms with Crippen molar-refractivity contribution in [3.05, 3.63) is 64.7 Å². The Bertz CT molecular complexity index is 695. The lowest BCUT2D eigenvalue weighted by atomic mass is 9.80. The molecule has 1 N–H and O–H groups in total. The Kier molecular flexibility index (Phi) is 5.57. The van der Waals surface area contributed by atoms with Gasteiger partial charge in [0, 0.05) is 23.0 Å². The molecule has 126 valence electrons. The van der Waals surface area contributed by atoms with Crippen LogP contribution in [0.4, 0.5) is 5.69 Å². The zero-order valence-corrected chi connectivity index (χ0v) is 14.9. The monoisotopic (exact) mass is 341 g/mol. The van der Waals surface area contributed by atoms with Gasteiger partial charge < -0.3 is 5.32 Å². The number of hydrogen-bond acceptors (Lipinski definition) is 2. The fraction of sp³-hybridized carbons (Fsp3) is 0.381. The van der Waals surface area contributed by atoms with E-state index in [0.29, 0.717) is 17.2 Å². The van der Waals surface area contributed by atoms with Gasteiger partial charge >= 0.3 is 0 Å². The van der Waals surface area contributed by atoms with E-state index in [9.17, 15) is 4.79 Å². The van der Waals surface area contributed by atoms with Gasteiger partial charge in [0.2, 0.25) is 0 Å². The van der Waals surface area contributed by atoms with Crippen molar-refractivity contribution >= 4 is 23.1 Å². The van der Waals surface area contributed by atoms with Crippen LogP contribution in [0.2, 0.25) is 5.02 Å². The van der Waals surface area contributed by atoms with Crippen LogP contribution in [0.3, 0.4) is 0 Å². The van der Waals surface area contributed by atoms with Gasteiger partial charge in [-0.2, -0.15) is 0 Å². The summed E-state index contributed by atoms with van der Waals surface area (Å²) in [6.07, 6.45) is 4.79. The standard InChI is InChI=1S/C21H24ClNO/c1-2-15-10-12-18(13-11-15)23-21(16-6-5-7-17(22)14-16)19-8-3-4-9-20(19)24/h5-7,10-14,19,21,23H,2-4,8-9H2,1H3. The highest BCUT2D eigenvalue weighted by molar-refractivity contribution is 6.30. The summed E-state index contributed by atoms with van der Waals surface area (Å²) in [5, 5.41) is 4.31. The molecule has 3 rings (SSSR count). The number of Topliss-reactive ketones (excluding diaryl/α,β-unsaturated/α-hetero) is 1. The van der Waals surface area contributed by atoms with Gasteiger partial charge in [0.05, 0.1) is 6.04 Å². The molecular formula is C21H24ClNO. The number of benzene rings is 2. The van der Waals surface area contributed by atoms with Crippen molar-refractivity contribution in [1.29, 1.82) is 0 Å². The van der Waals surface area contributed by atoms with E-state index in [1.165, 1.54) is 5.56 Å². The van der Waals surface area contributed by atoms with Gasteiger partial charge in [-0.25, -0.2) is 0 Å². The smallest absolute Gasteiger partial charge is 0.138 e. The van der Waals surface area contributed by atoms with E-state index in [2.05, 4.69) is 42.6 Å². The summed E-state index contributed by atoms with van der Waals surface area (Å²) >= 11 is 6.19. The largest absolute Gasteiger partial charge is 0.378 e. The highest BCUT2D eigenvalue weighted by Crippen LogP contribution is 2.35. The molecule has 2 unspecified atom stereocenters. The molecule has 1 aliphatic rings. The normalized spacial score (nSPS) is 19.1. The SMILES string of the molecule is CCc1ccc(NC(c2cccc(Cl)c2)C2CCCCC2=O)cc1. The van der Waals surface area contributed by atoms with Crippen LogP contribution in [0.15, 0.2) is 48.5 Å². The predicted molar refractivity (Wildman–Crippen MR) is 101 cm³/mol. The van der Waals surface area contributed by atoms with Gasteiger partial charge in [0.25, 0.3) is 0 Å². The van der Waals surface area contributed by atoms with Crippen LogP contribution in [0.25, 0.3) is 0 Å². The van der Waals surface area contributed by atoms with Gasteiger partial charge in [0.1, 0.15) is 5.78 Å². The van der Waals surface area contributed by atoms with E-state index in [4.69, 9.17) is 11.6 Å². The number of halogens is 1. The zero-order valence-electron chi connectivity index (χ0n) is 14.1. The average Bonchev–Trinajstić information content (AvgIpc) is 2.61. The summed E-state index contributed by atoms with van der Waals surface area (Å²) in [7, 11) is 0. The molecule has 2 atom stereocenters. The first-order valence-electron chi connectivity index (χ1n) is 8.81. The first-order chi connectivity index (χ1) is 11.7. The number of nitrogens with one attached hydrogen (secondary N) is 1. The lowest BCUT2D eigenvalue weighted by molar-refractivity contribution is -0.125. The minimum Gasteiger partial charge on any atom is -0.378 e. The van der Waals surface area contributed by atoms with Gasteiger partial charge in [-0.1, -0.05) is 49.2 Å². The Labute approximate surface area is 149 Å². The van der Waals surface area contributed by atoms with Crippen molar-refractivity contribution in [2.24, 2.45) is 5.92 Å². The topological polar surface area (TPSA) is 29.1 Å². The summed E-state index contributed by atoms with van der Waals surface area (Å²) in [5.74, 6) is 0.381. The molecule has 3 heteroatoms.